The number of hydrogen-bond donors (Lipinski definition) is 2. The highest BCUT2D eigenvalue weighted by Crippen LogP contribution is 2.43. The number of likely N-dealkylation sites (tertiary alicyclic amines) is 2. The minimum Gasteiger partial charge on any atom is -0.483 e. The van der Waals surface area contributed by atoms with Gasteiger partial charge in [0.05, 0.1) is 18.8 Å². The van der Waals surface area contributed by atoms with E-state index in [9.17, 15) is 9.90 Å². The number of fused-ring (bicyclic) bond motifs is 1. The normalized spacial score (nSPS) is 22.0. The molecule has 1 aromatic carbocycles. The van der Waals surface area contributed by atoms with Crippen LogP contribution in [0.1, 0.15) is 22.1 Å². The summed E-state index contributed by atoms with van der Waals surface area (Å²) in [6, 6.07) is 11.3. The van der Waals surface area contributed by atoms with E-state index in [4.69, 9.17) is 18.8 Å². The van der Waals surface area contributed by atoms with Crippen molar-refractivity contribution in [2.24, 2.45) is 11.3 Å². The molecule has 2 aliphatic rings. The summed E-state index contributed by atoms with van der Waals surface area (Å²) in [5, 5.41) is 29.2. The second-order valence-electron chi connectivity index (χ2n) is 8.38. The molecule has 2 fully saturated rings. The van der Waals surface area contributed by atoms with Crippen molar-refractivity contribution >= 4 is 12.4 Å². The van der Waals surface area contributed by atoms with Crippen molar-refractivity contribution in [2.75, 3.05) is 32.8 Å². The molecule has 2 aliphatic heterocycles. The quantitative estimate of drug-likeness (QED) is 0.540. The largest absolute Gasteiger partial charge is 0.483 e. The zero-order valence-corrected chi connectivity index (χ0v) is 18.1. The van der Waals surface area contributed by atoms with E-state index < -0.39 is 0 Å². The first-order valence-corrected chi connectivity index (χ1v) is 10.5. The molecule has 0 bridgehead atoms. The molecule has 1 amide bonds. The molecule has 4 heterocycles. The number of benzene rings is 1. The van der Waals surface area contributed by atoms with Gasteiger partial charge in [0.25, 0.3) is 12.4 Å². The van der Waals surface area contributed by atoms with Gasteiger partial charge < -0.3 is 24.1 Å². The van der Waals surface area contributed by atoms with Crippen LogP contribution in [0.25, 0.3) is 11.5 Å². The maximum atomic E-state index is 12.7. The summed E-state index contributed by atoms with van der Waals surface area (Å²) in [4.78, 5) is 25.1. The van der Waals surface area contributed by atoms with E-state index in [1.165, 1.54) is 0 Å². The zero-order chi connectivity index (χ0) is 23.4. The number of amides is 1. The molecular formula is C22H25N5O6. The van der Waals surface area contributed by atoms with E-state index in [0.29, 0.717) is 43.7 Å². The smallest absolute Gasteiger partial charge is 0.292 e. The molecule has 0 saturated carbocycles. The lowest BCUT2D eigenvalue weighted by Crippen LogP contribution is -2.38. The number of aryl methyl sites for hydroxylation is 1. The molecule has 11 heteroatoms. The topological polar surface area (TPSA) is 146 Å². The molecule has 174 valence electrons. The lowest BCUT2D eigenvalue weighted by Gasteiger charge is -2.26. The van der Waals surface area contributed by atoms with Gasteiger partial charge in [-0.25, -0.2) is 0 Å². The van der Waals surface area contributed by atoms with Gasteiger partial charge in [-0.3, -0.25) is 14.5 Å². The van der Waals surface area contributed by atoms with Crippen LogP contribution in [0.5, 0.6) is 0 Å². The molecule has 3 aromatic rings. The fourth-order valence-electron chi connectivity index (χ4n) is 4.62. The van der Waals surface area contributed by atoms with Crippen LogP contribution in [-0.2, 0) is 11.3 Å². The number of nitrogens with zero attached hydrogens (tertiary/aromatic N) is 5. The number of aromatic nitrogens is 3. The number of carbonyl (C=O) groups is 2. The predicted molar refractivity (Wildman–Crippen MR) is 114 cm³/mol. The molecule has 11 nitrogen and oxygen atoms in total. The minimum atomic E-state index is -0.354. The van der Waals surface area contributed by atoms with Gasteiger partial charge in [-0.2, -0.15) is 0 Å². The van der Waals surface area contributed by atoms with Crippen molar-refractivity contribution in [2.45, 2.75) is 13.5 Å². The number of aliphatic hydroxyl groups excluding tert-OH is 1. The SMILES string of the molecule is Cc1cc(C(=O)N2C[C@@H]3CN(Cc4nnc(-c5ccccc5)o4)C[C@]3(CO)C2)on1.O=CO. The number of carbonyl (C=O) groups excluding carboxylic acids is 1. The van der Waals surface area contributed by atoms with Crippen molar-refractivity contribution in [3.63, 3.8) is 0 Å². The van der Waals surface area contributed by atoms with Crippen LogP contribution in [0, 0.1) is 18.3 Å². The van der Waals surface area contributed by atoms with Crippen LogP contribution in [0.15, 0.2) is 45.3 Å². The molecule has 0 spiro atoms. The van der Waals surface area contributed by atoms with Crippen LogP contribution in [-0.4, -0.2) is 80.5 Å². The average molecular weight is 455 g/mol. The fraction of sp³-hybridized carbons (Fsp3) is 0.409. The predicted octanol–water partition coefficient (Wildman–Crippen LogP) is 1.30. The van der Waals surface area contributed by atoms with Crippen molar-refractivity contribution in [1.82, 2.24) is 25.2 Å². The Kier molecular flexibility index (Phi) is 6.52. The molecule has 2 atom stereocenters. The molecule has 2 saturated heterocycles. The molecule has 0 radical (unpaired) electrons. The Morgan fingerprint density at radius 1 is 1.24 bits per heavy atom. The Morgan fingerprint density at radius 3 is 2.64 bits per heavy atom. The Balaban J connectivity index is 0.000000821. The van der Waals surface area contributed by atoms with Gasteiger partial charge in [0.2, 0.25) is 17.5 Å². The number of carboxylic acid groups (broad SMARTS) is 1. The van der Waals surface area contributed by atoms with E-state index in [1.54, 1.807) is 17.9 Å². The Labute approximate surface area is 189 Å². The fourth-order valence-corrected chi connectivity index (χ4v) is 4.62. The van der Waals surface area contributed by atoms with Crippen molar-refractivity contribution in [1.29, 1.82) is 0 Å². The number of hydrogen-bond acceptors (Lipinski definition) is 9. The second kappa shape index (κ2) is 9.51. The van der Waals surface area contributed by atoms with Gasteiger partial charge >= 0.3 is 0 Å². The molecule has 5 rings (SSSR count). The zero-order valence-electron chi connectivity index (χ0n) is 18.1. The summed E-state index contributed by atoms with van der Waals surface area (Å²) in [6.45, 7) is 4.56. The van der Waals surface area contributed by atoms with Gasteiger partial charge in [0, 0.05) is 43.2 Å². The van der Waals surface area contributed by atoms with Crippen molar-refractivity contribution in [3.05, 3.63) is 53.7 Å². The lowest BCUT2D eigenvalue weighted by molar-refractivity contribution is -0.122. The maximum Gasteiger partial charge on any atom is 0.292 e. The van der Waals surface area contributed by atoms with Crippen molar-refractivity contribution < 1.29 is 28.7 Å². The minimum absolute atomic E-state index is 0.0203. The van der Waals surface area contributed by atoms with Gasteiger partial charge in [0.15, 0.2) is 0 Å². The lowest BCUT2D eigenvalue weighted by atomic mass is 9.82. The van der Waals surface area contributed by atoms with Crippen LogP contribution < -0.4 is 0 Å². The number of aliphatic hydroxyl groups is 1. The molecule has 33 heavy (non-hydrogen) atoms. The number of rotatable bonds is 5. The average Bonchev–Trinajstić information content (AvgIpc) is 3.58. The third kappa shape index (κ3) is 4.64. The van der Waals surface area contributed by atoms with E-state index >= 15 is 0 Å². The van der Waals surface area contributed by atoms with Crippen molar-refractivity contribution in [3.8, 4) is 11.5 Å². The van der Waals surface area contributed by atoms with E-state index in [1.807, 2.05) is 30.3 Å². The first kappa shape index (κ1) is 22.6. The second-order valence-corrected chi connectivity index (χ2v) is 8.38. The first-order chi connectivity index (χ1) is 16.0. The van der Waals surface area contributed by atoms with E-state index in [2.05, 4.69) is 20.3 Å². The Bertz CT molecular complexity index is 1100. The highest BCUT2D eigenvalue weighted by molar-refractivity contribution is 5.91. The highest BCUT2D eigenvalue weighted by Gasteiger charge is 2.53. The molecular weight excluding hydrogens is 430 g/mol. The van der Waals surface area contributed by atoms with Gasteiger partial charge in [0.1, 0.15) is 0 Å². The monoisotopic (exact) mass is 455 g/mol. The third-order valence-electron chi connectivity index (χ3n) is 6.12. The molecule has 2 N–H and O–H groups in total. The molecule has 2 aromatic heterocycles. The Hall–Kier alpha value is -3.57. The van der Waals surface area contributed by atoms with Gasteiger partial charge in [-0.1, -0.05) is 23.4 Å². The van der Waals surface area contributed by atoms with Crippen LogP contribution in [0.4, 0.5) is 0 Å². The van der Waals surface area contributed by atoms with E-state index in [0.717, 1.165) is 12.1 Å². The maximum absolute atomic E-state index is 12.7. The summed E-state index contributed by atoms with van der Waals surface area (Å²) in [5.74, 6) is 1.30. The van der Waals surface area contributed by atoms with Crippen LogP contribution >= 0.6 is 0 Å². The van der Waals surface area contributed by atoms with Gasteiger partial charge in [-0.05, 0) is 25.0 Å². The molecule has 0 unspecified atom stereocenters. The van der Waals surface area contributed by atoms with Gasteiger partial charge in [-0.15, -0.1) is 10.2 Å². The summed E-state index contributed by atoms with van der Waals surface area (Å²) in [6.07, 6.45) is 0. The molecule has 0 aliphatic carbocycles. The summed E-state index contributed by atoms with van der Waals surface area (Å²) in [5.41, 5.74) is 1.21. The van der Waals surface area contributed by atoms with Crippen LogP contribution in [0.3, 0.4) is 0 Å². The first-order valence-electron chi connectivity index (χ1n) is 10.5. The summed E-state index contributed by atoms with van der Waals surface area (Å²) in [7, 11) is 0. The highest BCUT2D eigenvalue weighted by atomic mass is 16.5. The van der Waals surface area contributed by atoms with E-state index in [-0.39, 0.29) is 36.1 Å². The standard InChI is InChI=1S/C21H23N5O4.CH2O2/c1-14-7-17(30-24-14)20(28)26-9-16-8-25(11-21(16,12-26)13-27)10-18-22-23-19(29-18)15-5-3-2-4-6-15;2-1-3/h2-7,16,27H,8-13H2,1H3;1H,(H,2,3)/t16-,21+;/m0./s1. The Morgan fingerprint density at radius 2 is 2.00 bits per heavy atom. The summed E-state index contributed by atoms with van der Waals surface area (Å²) < 4.78 is 11.0. The third-order valence-corrected chi connectivity index (χ3v) is 6.12. The summed E-state index contributed by atoms with van der Waals surface area (Å²) >= 11 is 0. The van der Waals surface area contributed by atoms with Crippen LogP contribution in [0.2, 0.25) is 0 Å².